The van der Waals surface area contributed by atoms with Crippen molar-refractivity contribution in [2.24, 2.45) is 5.92 Å². The molecule has 0 N–H and O–H groups in total. The van der Waals surface area contributed by atoms with Crippen LogP contribution in [0.4, 0.5) is 5.69 Å². The minimum Gasteiger partial charge on any atom is -0.338 e. The number of amides is 3. The Morgan fingerprint density at radius 2 is 1.78 bits per heavy atom. The molecule has 2 fully saturated rings. The number of benzene rings is 1. The number of carbonyl (C=O) groups excluding carboxylic acids is 3. The lowest BCUT2D eigenvalue weighted by Gasteiger charge is -2.39. The van der Waals surface area contributed by atoms with Gasteiger partial charge >= 0.3 is 0 Å². The summed E-state index contributed by atoms with van der Waals surface area (Å²) in [7, 11) is 0. The van der Waals surface area contributed by atoms with E-state index in [0.29, 0.717) is 17.2 Å². The van der Waals surface area contributed by atoms with Crippen LogP contribution in [-0.4, -0.2) is 45.3 Å². The fourth-order valence-corrected chi connectivity index (χ4v) is 3.75. The van der Waals surface area contributed by atoms with Crippen LogP contribution in [0.25, 0.3) is 0 Å². The van der Waals surface area contributed by atoms with Crippen molar-refractivity contribution in [2.75, 3.05) is 18.0 Å². The average Bonchev–Trinajstić information content (AvgIpc) is 3.23. The molecule has 7 heteroatoms. The molecule has 0 saturated carbocycles. The highest BCUT2D eigenvalue weighted by Gasteiger charge is 2.33. The van der Waals surface area contributed by atoms with Crippen molar-refractivity contribution in [1.29, 1.82) is 0 Å². The number of hydrogen-bond donors (Lipinski definition) is 0. The van der Waals surface area contributed by atoms with Gasteiger partial charge in [-0.25, -0.2) is 4.98 Å². The summed E-state index contributed by atoms with van der Waals surface area (Å²) in [4.78, 5) is 43.6. The van der Waals surface area contributed by atoms with E-state index in [0.717, 1.165) is 31.9 Å². The summed E-state index contributed by atoms with van der Waals surface area (Å²) in [6, 6.07) is 6.72. The Morgan fingerprint density at radius 1 is 1.11 bits per heavy atom. The van der Waals surface area contributed by atoms with Gasteiger partial charge in [-0.1, -0.05) is 6.92 Å². The van der Waals surface area contributed by atoms with Gasteiger partial charge in [-0.15, -0.1) is 0 Å². The summed E-state index contributed by atoms with van der Waals surface area (Å²) < 4.78 is 2.16. The fourth-order valence-electron chi connectivity index (χ4n) is 3.75. The number of anilines is 1. The number of aromatic nitrogens is 2. The molecule has 0 atom stereocenters. The first-order valence-electron chi connectivity index (χ1n) is 9.32. The SMILES string of the molecule is CCc1nccn1CC1CN(C(=O)c2ccc(N3C(=O)CCC3=O)cc2)C1. The van der Waals surface area contributed by atoms with Crippen LogP contribution in [0.2, 0.25) is 0 Å². The molecule has 0 unspecified atom stereocenters. The summed E-state index contributed by atoms with van der Waals surface area (Å²) >= 11 is 0. The molecule has 2 saturated heterocycles. The molecule has 1 aromatic heterocycles. The number of carbonyl (C=O) groups is 3. The van der Waals surface area contributed by atoms with Crippen molar-refractivity contribution in [1.82, 2.24) is 14.5 Å². The van der Waals surface area contributed by atoms with Crippen molar-refractivity contribution in [2.45, 2.75) is 32.7 Å². The van der Waals surface area contributed by atoms with E-state index in [1.807, 2.05) is 17.3 Å². The Balaban J connectivity index is 1.35. The van der Waals surface area contributed by atoms with E-state index < -0.39 is 0 Å². The van der Waals surface area contributed by atoms with Gasteiger partial charge < -0.3 is 9.47 Å². The molecule has 2 aliphatic heterocycles. The maximum Gasteiger partial charge on any atom is 0.253 e. The molecule has 7 nitrogen and oxygen atoms in total. The fraction of sp³-hybridized carbons (Fsp3) is 0.400. The predicted octanol–water partition coefficient (Wildman–Crippen LogP) is 1.87. The van der Waals surface area contributed by atoms with E-state index in [4.69, 9.17) is 0 Å². The van der Waals surface area contributed by atoms with Crippen LogP contribution in [-0.2, 0) is 22.6 Å². The monoisotopic (exact) mass is 366 g/mol. The Bertz CT molecular complexity index is 865. The van der Waals surface area contributed by atoms with Crippen LogP contribution >= 0.6 is 0 Å². The van der Waals surface area contributed by atoms with E-state index in [-0.39, 0.29) is 30.6 Å². The van der Waals surface area contributed by atoms with Crippen molar-refractivity contribution >= 4 is 23.4 Å². The Hall–Kier alpha value is -2.96. The molecular formula is C20H22N4O3. The second kappa shape index (κ2) is 6.98. The number of nitrogens with zero attached hydrogens (tertiary/aromatic N) is 4. The van der Waals surface area contributed by atoms with Crippen LogP contribution in [0.5, 0.6) is 0 Å². The molecule has 3 amide bonds. The quantitative estimate of drug-likeness (QED) is 0.757. The number of aryl methyl sites for hydroxylation is 1. The van der Waals surface area contributed by atoms with Crippen LogP contribution in [0, 0.1) is 5.92 Å². The topological polar surface area (TPSA) is 75.5 Å². The van der Waals surface area contributed by atoms with Gasteiger partial charge in [-0.2, -0.15) is 0 Å². The summed E-state index contributed by atoms with van der Waals surface area (Å²) in [5.41, 5.74) is 1.11. The third-order valence-corrected chi connectivity index (χ3v) is 5.24. The minimum atomic E-state index is -0.185. The van der Waals surface area contributed by atoms with E-state index in [1.165, 1.54) is 4.90 Å². The highest BCUT2D eigenvalue weighted by molar-refractivity contribution is 6.19. The molecule has 140 valence electrons. The van der Waals surface area contributed by atoms with Gasteiger partial charge in [0, 0.05) is 62.8 Å². The predicted molar refractivity (Wildman–Crippen MR) is 99.2 cm³/mol. The maximum atomic E-state index is 12.6. The molecule has 0 aliphatic carbocycles. The smallest absolute Gasteiger partial charge is 0.253 e. The molecule has 4 rings (SSSR count). The zero-order chi connectivity index (χ0) is 19.0. The highest BCUT2D eigenvalue weighted by Crippen LogP contribution is 2.25. The largest absolute Gasteiger partial charge is 0.338 e. The normalized spacial score (nSPS) is 17.5. The van der Waals surface area contributed by atoms with Gasteiger partial charge in [-0.05, 0) is 24.3 Å². The van der Waals surface area contributed by atoms with Crippen LogP contribution in [0.3, 0.4) is 0 Å². The van der Waals surface area contributed by atoms with Crippen LogP contribution < -0.4 is 4.90 Å². The lowest BCUT2D eigenvalue weighted by molar-refractivity contribution is -0.121. The average molecular weight is 366 g/mol. The summed E-state index contributed by atoms with van der Waals surface area (Å²) in [6.45, 7) is 4.42. The van der Waals surface area contributed by atoms with Crippen molar-refractivity contribution in [3.05, 3.63) is 48.0 Å². The van der Waals surface area contributed by atoms with Gasteiger partial charge in [0.2, 0.25) is 11.8 Å². The van der Waals surface area contributed by atoms with Gasteiger partial charge in [0.05, 0.1) is 5.69 Å². The highest BCUT2D eigenvalue weighted by atomic mass is 16.2. The lowest BCUT2D eigenvalue weighted by Crippen LogP contribution is -2.51. The Kier molecular flexibility index (Phi) is 4.51. The van der Waals surface area contributed by atoms with E-state index in [2.05, 4.69) is 16.5 Å². The van der Waals surface area contributed by atoms with E-state index in [9.17, 15) is 14.4 Å². The van der Waals surface area contributed by atoms with Crippen LogP contribution in [0.15, 0.2) is 36.7 Å². The van der Waals surface area contributed by atoms with E-state index >= 15 is 0 Å². The second-order valence-corrected chi connectivity index (χ2v) is 7.10. The molecule has 1 aromatic carbocycles. The maximum absolute atomic E-state index is 12.6. The summed E-state index contributed by atoms with van der Waals surface area (Å²) in [5, 5.41) is 0. The first-order valence-corrected chi connectivity index (χ1v) is 9.32. The number of likely N-dealkylation sites (tertiary alicyclic amines) is 1. The molecule has 27 heavy (non-hydrogen) atoms. The first kappa shape index (κ1) is 17.5. The van der Waals surface area contributed by atoms with E-state index in [1.54, 1.807) is 24.3 Å². The first-order chi connectivity index (χ1) is 13.1. The Morgan fingerprint density at radius 3 is 2.41 bits per heavy atom. The van der Waals surface area contributed by atoms with Gasteiger partial charge in [0.25, 0.3) is 5.91 Å². The number of imide groups is 1. The minimum absolute atomic E-state index is 0.0155. The number of hydrogen-bond acceptors (Lipinski definition) is 4. The molecule has 0 spiro atoms. The Labute approximate surface area is 157 Å². The van der Waals surface area contributed by atoms with Gasteiger partial charge in [0.15, 0.2) is 0 Å². The molecule has 3 heterocycles. The van der Waals surface area contributed by atoms with Crippen molar-refractivity contribution in [3.8, 4) is 0 Å². The molecule has 2 aromatic rings. The third kappa shape index (κ3) is 3.25. The molecule has 2 aliphatic rings. The van der Waals surface area contributed by atoms with Gasteiger partial charge in [0.1, 0.15) is 5.82 Å². The molecule has 0 radical (unpaired) electrons. The lowest BCUT2D eigenvalue weighted by atomic mass is 9.98. The second-order valence-electron chi connectivity index (χ2n) is 7.10. The molecular weight excluding hydrogens is 344 g/mol. The van der Waals surface area contributed by atoms with Crippen LogP contribution in [0.1, 0.15) is 35.9 Å². The summed E-state index contributed by atoms with van der Waals surface area (Å²) in [6.07, 6.45) is 5.22. The van der Waals surface area contributed by atoms with Crippen molar-refractivity contribution in [3.63, 3.8) is 0 Å². The number of imidazole rings is 1. The number of rotatable bonds is 5. The zero-order valence-corrected chi connectivity index (χ0v) is 15.3. The van der Waals surface area contributed by atoms with Gasteiger partial charge in [-0.3, -0.25) is 19.3 Å². The standard InChI is InChI=1S/C20H22N4O3/c1-2-17-21-9-10-22(17)11-14-12-23(13-14)20(27)15-3-5-16(6-4-15)24-18(25)7-8-19(24)26/h3-6,9-10,14H,2,7-8,11-13H2,1H3. The van der Waals surface area contributed by atoms with Crippen molar-refractivity contribution < 1.29 is 14.4 Å². The summed E-state index contributed by atoms with van der Waals surface area (Å²) in [5.74, 6) is 1.12. The zero-order valence-electron chi connectivity index (χ0n) is 15.3. The third-order valence-electron chi connectivity index (χ3n) is 5.24. The molecule has 0 bridgehead atoms.